The van der Waals surface area contributed by atoms with Crippen molar-refractivity contribution in [3.05, 3.63) is 35.4 Å². The van der Waals surface area contributed by atoms with E-state index in [9.17, 15) is 13.2 Å². The summed E-state index contributed by atoms with van der Waals surface area (Å²) in [5, 5.41) is 3.17. The van der Waals surface area contributed by atoms with E-state index in [1.165, 1.54) is 12.1 Å². The smallest absolute Gasteiger partial charge is 0.379 e. The van der Waals surface area contributed by atoms with Crippen LogP contribution in [0.3, 0.4) is 0 Å². The zero-order chi connectivity index (χ0) is 15.9. The molecule has 0 fully saturated rings. The van der Waals surface area contributed by atoms with E-state index >= 15 is 0 Å². The maximum Gasteiger partial charge on any atom is 0.416 e. The lowest BCUT2D eigenvalue weighted by Gasteiger charge is -2.20. The predicted molar refractivity (Wildman–Crippen MR) is 78.1 cm³/mol. The number of benzene rings is 1. The SMILES string of the molecule is CCNC(COCCC(C)C)c1cccc(C(F)(F)F)c1. The van der Waals surface area contributed by atoms with Gasteiger partial charge < -0.3 is 10.1 Å². The summed E-state index contributed by atoms with van der Waals surface area (Å²) in [7, 11) is 0. The third kappa shape index (κ3) is 6.48. The van der Waals surface area contributed by atoms with Crippen LogP contribution in [0.5, 0.6) is 0 Å². The fourth-order valence-corrected chi connectivity index (χ4v) is 1.97. The predicted octanol–water partition coefficient (Wildman–Crippen LogP) is 4.42. The van der Waals surface area contributed by atoms with Gasteiger partial charge in [-0.05, 0) is 36.6 Å². The number of alkyl halides is 3. The summed E-state index contributed by atoms with van der Waals surface area (Å²) in [5.41, 5.74) is -0.0127. The van der Waals surface area contributed by atoms with Crippen LogP contribution >= 0.6 is 0 Å². The fourth-order valence-electron chi connectivity index (χ4n) is 1.97. The van der Waals surface area contributed by atoms with Crippen molar-refractivity contribution in [3.63, 3.8) is 0 Å². The molecule has 5 heteroatoms. The highest BCUT2D eigenvalue weighted by Crippen LogP contribution is 2.30. The Kier molecular flexibility index (Phi) is 7.18. The molecule has 1 N–H and O–H groups in total. The average molecular weight is 303 g/mol. The van der Waals surface area contributed by atoms with Crippen LogP contribution in [0.15, 0.2) is 24.3 Å². The largest absolute Gasteiger partial charge is 0.416 e. The average Bonchev–Trinajstić information content (AvgIpc) is 2.41. The van der Waals surface area contributed by atoms with Gasteiger partial charge in [-0.2, -0.15) is 13.2 Å². The van der Waals surface area contributed by atoms with E-state index in [-0.39, 0.29) is 6.04 Å². The minimum absolute atomic E-state index is 0.218. The molecule has 0 aliphatic heterocycles. The molecule has 0 aliphatic carbocycles. The maximum atomic E-state index is 12.8. The first-order valence-corrected chi connectivity index (χ1v) is 7.32. The van der Waals surface area contributed by atoms with Crippen LogP contribution in [0, 0.1) is 5.92 Å². The standard InChI is InChI=1S/C16H24F3NO/c1-4-20-15(11-21-9-8-12(2)3)13-6-5-7-14(10-13)16(17,18)19/h5-7,10,12,15,20H,4,8-9,11H2,1-3H3. The molecule has 0 saturated heterocycles. The Morgan fingerprint density at radius 3 is 2.52 bits per heavy atom. The summed E-state index contributed by atoms with van der Waals surface area (Å²) in [6, 6.07) is 5.21. The quantitative estimate of drug-likeness (QED) is 0.718. The van der Waals surface area contributed by atoms with Crippen molar-refractivity contribution in [2.75, 3.05) is 19.8 Å². The number of nitrogens with one attached hydrogen (secondary N) is 1. The molecule has 2 nitrogen and oxygen atoms in total. The molecular formula is C16H24F3NO. The highest BCUT2D eigenvalue weighted by atomic mass is 19.4. The third-order valence-corrected chi connectivity index (χ3v) is 3.19. The van der Waals surface area contributed by atoms with Gasteiger partial charge in [0, 0.05) is 6.61 Å². The molecule has 1 unspecified atom stereocenters. The molecule has 0 aromatic heterocycles. The Labute approximate surface area is 124 Å². The van der Waals surface area contributed by atoms with E-state index in [0.29, 0.717) is 31.2 Å². The first kappa shape index (κ1) is 18.0. The Balaban J connectivity index is 2.71. The summed E-state index contributed by atoms with van der Waals surface area (Å²) in [6.07, 6.45) is -3.37. The highest BCUT2D eigenvalue weighted by Gasteiger charge is 2.30. The van der Waals surface area contributed by atoms with Crippen molar-refractivity contribution in [1.29, 1.82) is 0 Å². The molecule has 0 aliphatic rings. The summed E-state index contributed by atoms with van der Waals surface area (Å²) in [5.74, 6) is 0.552. The van der Waals surface area contributed by atoms with Gasteiger partial charge in [0.2, 0.25) is 0 Å². The third-order valence-electron chi connectivity index (χ3n) is 3.19. The van der Waals surface area contributed by atoms with Gasteiger partial charge in [0.15, 0.2) is 0 Å². The van der Waals surface area contributed by atoms with Crippen molar-refractivity contribution < 1.29 is 17.9 Å². The molecule has 0 bridgehead atoms. The molecule has 1 aromatic rings. The number of halogens is 3. The van der Waals surface area contributed by atoms with E-state index in [0.717, 1.165) is 12.5 Å². The molecule has 0 spiro atoms. The highest BCUT2D eigenvalue weighted by molar-refractivity contribution is 5.28. The summed E-state index contributed by atoms with van der Waals surface area (Å²) in [6.45, 7) is 7.82. The second kappa shape index (κ2) is 8.39. The number of rotatable bonds is 8. The Morgan fingerprint density at radius 2 is 1.95 bits per heavy atom. The van der Waals surface area contributed by atoms with Crippen LogP contribution in [0.1, 0.15) is 44.4 Å². The van der Waals surface area contributed by atoms with E-state index in [4.69, 9.17) is 4.74 Å². The van der Waals surface area contributed by atoms with Gasteiger partial charge in [-0.1, -0.05) is 32.9 Å². The van der Waals surface area contributed by atoms with Crippen LogP contribution in [0.2, 0.25) is 0 Å². The maximum absolute atomic E-state index is 12.8. The first-order chi connectivity index (χ1) is 9.84. The fraction of sp³-hybridized carbons (Fsp3) is 0.625. The van der Waals surface area contributed by atoms with E-state index < -0.39 is 11.7 Å². The van der Waals surface area contributed by atoms with Gasteiger partial charge in [0.25, 0.3) is 0 Å². The van der Waals surface area contributed by atoms with E-state index in [2.05, 4.69) is 19.2 Å². The van der Waals surface area contributed by atoms with Crippen LogP contribution in [0.25, 0.3) is 0 Å². The van der Waals surface area contributed by atoms with Gasteiger partial charge in [-0.25, -0.2) is 0 Å². The minimum atomic E-state index is -4.31. The Hall–Kier alpha value is -1.07. The van der Waals surface area contributed by atoms with Gasteiger partial charge >= 0.3 is 6.18 Å². The van der Waals surface area contributed by atoms with E-state index in [1.807, 2.05) is 6.92 Å². The topological polar surface area (TPSA) is 21.3 Å². The van der Waals surface area contributed by atoms with Crippen molar-refractivity contribution in [1.82, 2.24) is 5.32 Å². The van der Waals surface area contributed by atoms with Crippen LogP contribution in [0.4, 0.5) is 13.2 Å². The van der Waals surface area contributed by atoms with Crippen molar-refractivity contribution in [2.24, 2.45) is 5.92 Å². The molecule has 120 valence electrons. The second-order valence-electron chi connectivity index (χ2n) is 5.49. The van der Waals surface area contributed by atoms with Gasteiger partial charge in [-0.3, -0.25) is 0 Å². The lowest BCUT2D eigenvalue weighted by Crippen LogP contribution is -2.26. The Bertz CT molecular complexity index is 418. The van der Waals surface area contributed by atoms with Gasteiger partial charge in [0.05, 0.1) is 18.2 Å². The van der Waals surface area contributed by atoms with Gasteiger partial charge in [0.1, 0.15) is 0 Å². The second-order valence-corrected chi connectivity index (χ2v) is 5.49. The van der Waals surface area contributed by atoms with Crippen molar-refractivity contribution in [2.45, 2.75) is 39.4 Å². The molecule has 0 amide bonds. The molecule has 1 rings (SSSR count). The number of ether oxygens (including phenoxy) is 1. The van der Waals surface area contributed by atoms with Crippen LogP contribution in [-0.4, -0.2) is 19.8 Å². The summed E-state index contributed by atoms with van der Waals surface area (Å²) < 4.78 is 43.9. The number of hydrogen-bond donors (Lipinski definition) is 1. The summed E-state index contributed by atoms with van der Waals surface area (Å²) in [4.78, 5) is 0. The minimum Gasteiger partial charge on any atom is -0.379 e. The first-order valence-electron chi connectivity index (χ1n) is 7.32. The molecule has 0 heterocycles. The monoisotopic (exact) mass is 303 g/mol. The summed E-state index contributed by atoms with van der Waals surface area (Å²) >= 11 is 0. The molecule has 1 aromatic carbocycles. The van der Waals surface area contributed by atoms with Gasteiger partial charge in [-0.15, -0.1) is 0 Å². The molecular weight excluding hydrogens is 279 g/mol. The molecule has 21 heavy (non-hydrogen) atoms. The van der Waals surface area contributed by atoms with Crippen molar-refractivity contribution in [3.8, 4) is 0 Å². The van der Waals surface area contributed by atoms with E-state index in [1.54, 1.807) is 6.07 Å². The number of hydrogen-bond acceptors (Lipinski definition) is 2. The van der Waals surface area contributed by atoms with Crippen LogP contribution < -0.4 is 5.32 Å². The zero-order valence-electron chi connectivity index (χ0n) is 12.8. The lowest BCUT2D eigenvalue weighted by atomic mass is 10.0. The molecule has 0 radical (unpaired) electrons. The lowest BCUT2D eigenvalue weighted by molar-refractivity contribution is -0.137. The zero-order valence-corrected chi connectivity index (χ0v) is 12.8. The van der Waals surface area contributed by atoms with Crippen molar-refractivity contribution >= 4 is 0 Å². The Morgan fingerprint density at radius 1 is 1.24 bits per heavy atom. The van der Waals surface area contributed by atoms with Crippen LogP contribution in [-0.2, 0) is 10.9 Å². The normalized spacial score (nSPS) is 13.7. The molecule has 0 saturated carbocycles. The molecule has 1 atom stereocenters. The number of likely N-dealkylation sites (N-methyl/N-ethyl adjacent to an activating group) is 1.